The average Bonchev–Trinajstić information content (AvgIpc) is 2.91. The van der Waals surface area contributed by atoms with Gasteiger partial charge in [0, 0.05) is 37.0 Å². The number of nitrogens with zero attached hydrogens (tertiary/aromatic N) is 2. The number of hydrogen-bond donors (Lipinski definition) is 2. The third kappa shape index (κ3) is 3.64. The summed E-state index contributed by atoms with van der Waals surface area (Å²) in [5.74, 6) is 0. The van der Waals surface area contributed by atoms with Crippen LogP contribution in [0, 0.1) is 17.0 Å². The van der Waals surface area contributed by atoms with E-state index in [0.717, 1.165) is 5.69 Å². The second kappa shape index (κ2) is 6.02. The minimum Gasteiger partial charge on any atom is -0.348 e. The molecule has 0 unspecified atom stereocenters. The SMILES string of the molecule is Cc1cc([N+](=O)[O-])ccc1S(=O)(=O)NCCc1cnc[nH]1. The molecule has 1 heterocycles. The fourth-order valence-corrected chi connectivity index (χ4v) is 3.12. The van der Waals surface area contributed by atoms with Crippen LogP contribution in [0.15, 0.2) is 35.6 Å². The quantitative estimate of drug-likeness (QED) is 0.613. The molecule has 21 heavy (non-hydrogen) atoms. The van der Waals surface area contributed by atoms with Gasteiger partial charge in [0.1, 0.15) is 0 Å². The van der Waals surface area contributed by atoms with Crippen molar-refractivity contribution in [3.63, 3.8) is 0 Å². The first-order valence-electron chi connectivity index (χ1n) is 6.12. The molecular weight excluding hydrogens is 296 g/mol. The minimum absolute atomic E-state index is 0.0395. The van der Waals surface area contributed by atoms with Gasteiger partial charge < -0.3 is 4.98 Å². The predicted molar refractivity (Wildman–Crippen MR) is 75.3 cm³/mol. The molecule has 8 nitrogen and oxygen atoms in total. The standard InChI is InChI=1S/C12H14N4O4S/c1-9-6-11(16(17)18)2-3-12(9)21(19,20)15-5-4-10-7-13-8-14-10/h2-3,6-8,15H,4-5H2,1H3,(H,13,14). The molecule has 0 aliphatic heterocycles. The van der Waals surface area contributed by atoms with Crippen LogP contribution in [0.25, 0.3) is 0 Å². The lowest BCUT2D eigenvalue weighted by Crippen LogP contribution is -2.26. The van der Waals surface area contributed by atoms with E-state index in [4.69, 9.17) is 0 Å². The molecule has 1 aromatic carbocycles. The summed E-state index contributed by atoms with van der Waals surface area (Å²) in [6.45, 7) is 1.73. The maximum Gasteiger partial charge on any atom is 0.269 e. The summed E-state index contributed by atoms with van der Waals surface area (Å²) in [6, 6.07) is 3.66. The van der Waals surface area contributed by atoms with Crippen LogP contribution in [0.3, 0.4) is 0 Å². The van der Waals surface area contributed by atoms with Gasteiger partial charge in [-0.15, -0.1) is 0 Å². The molecule has 0 fully saturated rings. The van der Waals surface area contributed by atoms with Crippen molar-refractivity contribution in [2.45, 2.75) is 18.2 Å². The summed E-state index contributed by atoms with van der Waals surface area (Å²) in [5, 5.41) is 10.6. The Morgan fingerprint density at radius 2 is 2.19 bits per heavy atom. The van der Waals surface area contributed by atoms with Crippen LogP contribution in [0.1, 0.15) is 11.3 Å². The molecule has 2 aromatic rings. The highest BCUT2D eigenvalue weighted by molar-refractivity contribution is 7.89. The van der Waals surface area contributed by atoms with Crippen LogP contribution < -0.4 is 4.72 Å². The van der Waals surface area contributed by atoms with Crippen LogP contribution >= 0.6 is 0 Å². The Hall–Kier alpha value is -2.26. The number of rotatable bonds is 6. The average molecular weight is 310 g/mol. The van der Waals surface area contributed by atoms with Crippen molar-refractivity contribution in [2.75, 3.05) is 6.54 Å². The van der Waals surface area contributed by atoms with Gasteiger partial charge in [-0.05, 0) is 18.6 Å². The molecule has 2 N–H and O–H groups in total. The lowest BCUT2D eigenvalue weighted by Gasteiger charge is -2.08. The molecule has 2 rings (SSSR count). The molecule has 0 saturated heterocycles. The Labute approximate surface area is 121 Å². The van der Waals surface area contributed by atoms with E-state index in [2.05, 4.69) is 14.7 Å². The summed E-state index contributed by atoms with van der Waals surface area (Å²) < 4.78 is 26.8. The summed E-state index contributed by atoms with van der Waals surface area (Å²) >= 11 is 0. The van der Waals surface area contributed by atoms with Gasteiger partial charge in [0.25, 0.3) is 5.69 Å². The monoisotopic (exact) mass is 310 g/mol. The van der Waals surface area contributed by atoms with Crippen molar-refractivity contribution in [1.82, 2.24) is 14.7 Å². The molecule has 112 valence electrons. The fraction of sp³-hybridized carbons (Fsp3) is 0.250. The second-order valence-corrected chi connectivity index (χ2v) is 6.17. The van der Waals surface area contributed by atoms with Crippen LogP contribution in [0.4, 0.5) is 5.69 Å². The molecule has 0 aliphatic carbocycles. The largest absolute Gasteiger partial charge is 0.348 e. The lowest BCUT2D eigenvalue weighted by atomic mass is 10.2. The van der Waals surface area contributed by atoms with Crippen molar-refractivity contribution >= 4 is 15.7 Å². The number of benzene rings is 1. The van der Waals surface area contributed by atoms with Gasteiger partial charge in [0.15, 0.2) is 0 Å². The van der Waals surface area contributed by atoms with Crippen molar-refractivity contribution in [3.8, 4) is 0 Å². The normalized spacial score (nSPS) is 11.5. The Kier molecular flexibility index (Phi) is 4.34. The van der Waals surface area contributed by atoms with E-state index >= 15 is 0 Å². The number of aryl methyl sites for hydroxylation is 1. The number of nitrogens with one attached hydrogen (secondary N) is 2. The van der Waals surface area contributed by atoms with Gasteiger partial charge in [-0.3, -0.25) is 10.1 Å². The fourth-order valence-electron chi connectivity index (χ4n) is 1.87. The molecular formula is C12H14N4O4S. The van der Waals surface area contributed by atoms with E-state index in [-0.39, 0.29) is 17.1 Å². The first-order valence-corrected chi connectivity index (χ1v) is 7.60. The zero-order valence-electron chi connectivity index (χ0n) is 11.2. The second-order valence-electron chi connectivity index (χ2n) is 4.43. The van der Waals surface area contributed by atoms with Crippen LogP contribution in [-0.4, -0.2) is 29.9 Å². The summed E-state index contributed by atoms with van der Waals surface area (Å²) in [4.78, 5) is 16.8. The van der Waals surface area contributed by atoms with E-state index in [1.54, 1.807) is 6.20 Å². The van der Waals surface area contributed by atoms with Gasteiger partial charge in [-0.2, -0.15) is 0 Å². The molecule has 0 bridgehead atoms. The Morgan fingerprint density at radius 1 is 1.43 bits per heavy atom. The Bertz CT molecular complexity index is 741. The van der Waals surface area contributed by atoms with Gasteiger partial charge >= 0.3 is 0 Å². The minimum atomic E-state index is -3.69. The van der Waals surface area contributed by atoms with Gasteiger partial charge in [0.2, 0.25) is 10.0 Å². The van der Waals surface area contributed by atoms with Crippen LogP contribution in [0.2, 0.25) is 0 Å². The zero-order valence-corrected chi connectivity index (χ0v) is 12.1. The zero-order chi connectivity index (χ0) is 15.5. The molecule has 0 saturated carbocycles. The lowest BCUT2D eigenvalue weighted by molar-refractivity contribution is -0.385. The maximum atomic E-state index is 12.2. The predicted octanol–water partition coefficient (Wildman–Crippen LogP) is 1.15. The van der Waals surface area contributed by atoms with E-state index in [1.165, 1.54) is 31.5 Å². The summed E-state index contributed by atoms with van der Waals surface area (Å²) in [6.07, 6.45) is 3.61. The smallest absolute Gasteiger partial charge is 0.269 e. The van der Waals surface area contributed by atoms with Gasteiger partial charge in [-0.25, -0.2) is 18.1 Å². The molecule has 0 amide bonds. The molecule has 0 aliphatic rings. The third-order valence-electron chi connectivity index (χ3n) is 2.90. The number of nitro benzene ring substituents is 1. The third-order valence-corrected chi connectivity index (χ3v) is 4.52. The van der Waals surface area contributed by atoms with Crippen LogP contribution in [0.5, 0.6) is 0 Å². The van der Waals surface area contributed by atoms with Gasteiger partial charge in [0.05, 0.1) is 16.1 Å². The van der Waals surface area contributed by atoms with Gasteiger partial charge in [-0.1, -0.05) is 0 Å². The van der Waals surface area contributed by atoms with E-state index in [0.29, 0.717) is 12.0 Å². The van der Waals surface area contributed by atoms with Crippen molar-refractivity contribution in [3.05, 3.63) is 52.1 Å². The highest BCUT2D eigenvalue weighted by Crippen LogP contribution is 2.20. The number of H-pyrrole nitrogens is 1. The van der Waals surface area contributed by atoms with Crippen molar-refractivity contribution in [1.29, 1.82) is 0 Å². The summed E-state index contributed by atoms with van der Waals surface area (Å²) in [7, 11) is -3.69. The molecule has 0 atom stereocenters. The van der Waals surface area contributed by atoms with E-state index in [1.807, 2.05) is 0 Å². The molecule has 0 radical (unpaired) electrons. The number of aromatic nitrogens is 2. The molecule has 0 spiro atoms. The number of aromatic amines is 1. The number of sulfonamides is 1. The summed E-state index contributed by atoms with van der Waals surface area (Å²) in [5.41, 5.74) is 1.01. The highest BCUT2D eigenvalue weighted by atomic mass is 32.2. The van der Waals surface area contributed by atoms with E-state index in [9.17, 15) is 18.5 Å². The van der Waals surface area contributed by atoms with Crippen molar-refractivity contribution < 1.29 is 13.3 Å². The molecule has 1 aromatic heterocycles. The first-order chi connectivity index (χ1) is 9.90. The number of nitro groups is 1. The number of imidazole rings is 1. The molecule has 9 heteroatoms. The maximum absolute atomic E-state index is 12.2. The first kappa shape index (κ1) is 15.1. The number of non-ortho nitro benzene ring substituents is 1. The highest BCUT2D eigenvalue weighted by Gasteiger charge is 2.18. The van der Waals surface area contributed by atoms with Crippen molar-refractivity contribution in [2.24, 2.45) is 0 Å². The number of hydrogen-bond acceptors (Lipinski definition) is 5. The topological polar surface area (TPSA) is 118 Å². The Morgan fingerprint density at radius 3 is 2.76 bits per heavy atom. The van der Waals surface area contributed by atoms with E-state index < -0.39 is 14.9 Å². The van der Waals surface area contributed by atoms with Crippen LogP contribution in [-0.2, 0) is 16.4 Å². The Balaban J connectivity index is 2.10.